The molecule has 0 fully saturated rings. The van der Waals surface area contributed by atoms with Gasteiger partial charge in [-0.2, -0.15) is 0 Å². The van der Waals surface area contributed by atoms with Crippen molar-refractivity contribution < 1.29 is 9.13 Å². The van der Waals surface area contributed by atoms with Crippen molar-refractivity contribution in [2.45, 2.75) is 45.6 Å². The molecule has 0 bridgehead atoms. The monoisotopic (exact) mass is 279 g/mol. The Kier molecular flexibility index (Phi) is 7.97. The molecule has 1 aromatic rings. The van der Waals surface area contributed by atoms with Gasteiger partial charge in [-0.15, -0.1) is 6.58 Å². The van der Waals surface area contributed by atoms with Crippen molar-refractivity contribution in [3.8, 4) is 5.75 Å². The van der Waals surface area contributed by atoms with E-state index < -0.39 is 0 Å². The van der Waals surface area contributed by atoms with E-state index in [-0.39, 0.29) is 11.9 Å². The van der Waals surface area contributed by atoms with Crippen LogP contribution in [0.2, 0.25) is 0 Å². The van der Waals surface area contributed by atoms with Gasteiger partial charge in [0.1, 0.15) is 11.6 Å². The average molecular weight is 279 g/mol. The summed E-state index contributed by atoms with van der Waals surface area (Å²) in [5, 5.41) is 3.21. The Morgan fingerprint density at radius 1 is 1.35 bits per heavy atom. The normalized spacial score (nSPS) is 12.2. The van der Waals surface area contributed by atoms with Crippen molar-refractivity contribution in [2.75, 3.05) is 13.2 Å². The summed E-state index contributed by atoms with van der Waals surface area (Å²) in [6.45, 7) is 9.13. The van der Waals surface area contributed by atoms with Gasteiger partial charge in [0.2, 0.25) is 0 Å². The van der Waals surface area contributed by atoms with E-state index >= 15 is 0 Å². The van der Waals surface area contributed by atoms with E-state index in [4.69, 9.17) is 4.74 Å². The summed E-state index contributed by atoms with van der Waals surface area (Å²) in [7, 11) is 0. The van der Waals surface area contributed by atoms with Crippen LogP contribution in [-0.2, 0) is 0 Å². The number of hydrogen-bond donors (Lipinski definition) is 1. The largest absolute Gasteiger partial charge is 0.493 e. The Balaban J connectivity index is 2.41. The van der Waals surface area contributed by atoms with Crippen LogP contribution < -0.4 is 10.1 Å². The molecule has 0 amide bonds. The van der Waals surface area contributed by atoms with Crippen LogP contribution in [0, 0.1) is 5.82 Å². The number of nitrogens with one attached hydrogen (secondary N) is 1. The number of hydrogen-bond acceptors (Lipinski definition) is 2. The summed E-state index contributed by atoms with van der Waals surface area (Å²) in [5.74, 6) is 0.404. The average Bonchev–Trinajstić information content (AvgIpc) is 2.43. The summed E-state index contributed by atoms with van der Waals surface area (Å²) in [4.78, 5) is 0. The lowest BCUT2D eigenvalue weighted by molar-refractivity contribution is 0.303. The topological polar surface area (TPSA) is 21.3 Å². The van der Waals surface area contributed by atoms with Gasteiger partial charge in [0.25, 0.3) is 0 Å². The second-order valence-electron chi connectivity index (χ2n) is 4.95. The molecule has 1 N–H and O–H groups in total. The molecule has 3 heteroatoms. The van der Waals surface area contributed by atoms with Crippen LogP contribution in [0.4, 0.5) is 4.39 Å². The van der Waals surface area contributed by atoms with Gasteiger partial charge in [-0.3, -0.25) is 0 Å². The number of ether oxygens (including phenoxy) is 1. The third kappa shape index (κ3) is 5.74. The van der Waals surface area contributed by atoms with E-state index in [1.54, 1.807) is 6.07 Å². The first-order valence-corrected chi connectivity index (χ1v) is 7.45. The fourth-order valence-corrected chi connectivity index (χ4v) is 2.12. The van der Waals surface area contributed by atoms with Crippen LogP contribution >= 0.6 is 0 Å². The van der Waals surface area contributed by atoms with E-state index in [2.05, 4.69) is 11.9 Å². The summed E-state index contributed by atoms with van der Waals surface area (Å²) < 4.78 is 19.5. The Morgan fingerprint density at radius 2 is 2.15 bits per heavy atom. The molecule has 0 radical (unpaired) electrons. The van der Waals surface area contributed by atoms with Gasteiger partial charge >= 0.3 is 0 Å². The summed E-state index contributed by atoms with van der Waals surface area (Å²) >= 11 is 0. The predicted molar refractivity (Wildman–Crippen MR) is 82.7 cm³/mol. The summed E-state index contributed by atoms with van der Waals surface area (Å²) in [6, 6.07) is 5.14. The first-order valence-electron chi connectivity index (χ1n) is 7.45. The number of unbranched alkanes of at least 4 members (excludes halogenated alkanes) is 3. The smallest absolute Gasteiger partial charge is 0.131 e. The number of benzene rings is 1. The van der Waals surface area contributed by atoms with Gasteiger partial charge < -0.3 is 10.1 Å². The fraction of sp³-hybridized carbons (Fsp3) is 0.529. The number of allylic oxidation sites excluding steroid dienone is 1. The standard InChI is InChI=1S/C17H26FNO/c1-4-6-7-8-9-12-20-15-10-11-16(17(18)13-15)14(3)19-5-2/h4,10-11,13-14,19H,1,5-9,12H2,2-3H3. The minimum absolute atomic E-state index is 0.0213. The van der Waals surface area contributed by atoms with Crippen LogP contribution in [0.3, 0.4) is 0 Å². The molecule has 0 heterocycles. The van der Waals surface area contributed by atoms with Crippen molar-refractivity contribution in [1.82, 2.24) is 5.32 Å². The lowest BCUT2D eigenvalue weighted by Crippen LogP contribution is -2.18. The van der Waals surface area contributed by atoms with E-state index in [1.165, 1.54) is 6.07 Å². The van der Waals surface area contributed by atoms with Crippen molar-refractivity contribution in [1.29, 1.82) is 0 Å². The van der Waals surface area contributed by atoms with E-state index in [1.807, 2.05) is 26.0 Å². The molecule has 0 aliphatic heterocycles. The number of rotatable bonds is 10. The van der Waals surface area contributed by atoms with Crippen molar-refractivity contribution in [3.63, 3.8) is 0 Å². The molecule has 0 aromatic heterocycles. The highest BCUT2D eigenvalue weighted by atomic mass is 19.1. The maximum atomic E-state index is 14.0. The molecule has 0 aliphatic rings. The highest BCUT2D eigenvalue weighted by Gasteiger charge is 2.10. The third-order valence-corrected chi connectivity index (χ3v) is 3.27. The second-order valence-corrected chi connectivity index (χ2v) is 4.95. The first kappa shape index (κ1) is 16.7. The lowest BCUT2D eigenvalue weighted by atomic mass is 10.1. The molecular formula is C17H26FNO. The van der Waals surface area contributed by atoms with E-state index in [0.717, 1.165) is 32.2 Å². The molecule has 1 rings (SSSR count). The zero-order valence-corrected chi connectivity index (χ0v) is 12.6. The minimum Gasteiger partial charge on any atom is -0.493 e. The molecule has 112 valence electrons. The Bertz CT molecular complexity index is 406. The SMILES string of the molecule is C=CCCCCCOc1ccc(C(C)NCC)c(F)c1. The summed E-state index contributed by atoms with van der Waals surface area (Å²) in [5.41, 5.74) is 0.685. The van der Waals surface area contributed by atoms with E-state index in [9.17, 15) is 4.39 Å². The zero-order valence-electron chi connectivity index (χ0n) is 12.6. The van der Waals surface area contributed by atoms with Crippen molar-refractivity contribution in [3.05, 3.63) is 42.2 Å². The highest BCUT2D eigenvalue weighted by molar-refractivity contribution is 5.30. The van der Waals surface area contributed by atoms with Gasteiger partial charge in [-0.25, -0.2) is 4.39 Å². The molecule has 1 unspecified atom stereocenters. The fourth-order valence-electron chi connectivity index (χ4n) is 2.12. The zero-order chi connectivity index (χ0) is 14.8. The molecular weight excluding hydrogens is 253 g/mol. The number of halogens is 1. The molecule has 0 spiro atoms. The second kappa shape index (κ2) is 9.54. The van der Waals surface area contributed by atoms with Crippen LogP contribution in [0.5, 0.6) is 5.75 Å². The minimum atomic E-state index is -0.206. The Hall–Kier alpha value is -1.35. The van der Waals surface area contributed by atoms with Gasteiger partial charge in [0, 0.05) is 17.7 Å². The maximum Gasteiger partial charge on any atom is 0.131 e. The lowest BCUT2D eigenvalue weighted by Gasteiger charge is -2.14. The van der Waals surface area contributed by atoms with Gasteiger partial charge in [0.15, 0.2) is 0 Å². The van der Waals surface area contributed by atoms with Crippen LogP contribution in [-0.4, -0.2) is 13.2 Å². The van der Waals surface area contributed by atoms with Crippen LogP contribution in [0.25, 0.3) is 0 Å². The van der Waals surface area contributed by atoms with Crippen LogP contribution in [0.15, 0.2) is 30.9 Å². The van der Waals surface area contributed by atoms with Crippen LogP contribution in [0.1, 0.15) is 51.1 Å². The van der Waals surface area contributed by atoms with Crippen molar-refractivity contribution >= 4 is 0 Å². The van der Waals surface area contributed by atoms with Gasteiger partial charge in [-0.1, -0.05) is 19.1 Å². The molecule has 1 atom stereocenters. The summed E-state index contributed by atoms with van der Waals surface area (Å²) in [6.07, 6.45) is 6.22. The molecule has 0 aliphatic carbocycles. The third-order valence-electron chi connectivity index (χ3n) is 3.27. The van der Waals surface area contributed by atoms with E-state index in [0.29, 0.717) is 17.9 Å². The molecule has 2 nitrogen and oxygen atoms in total. The van der Waals surface area contributed by atoms with Gasteiger partial charge in [0.05, 0.1) is 6.61 Å². The molecule has 20 heavy (non-hydrogen) atoms. The molecule has 0 saturated heterocycles. The quantitative estimate of drug-likeness (QED) is 0.498. The highest BCUT2D eigenvalue weighted by Crippen LogP contribution is 2.22. The Labute approximate surface area is 122 Å². The Morgan fingerprint density at radius 3 is 2.80 bits per heavy atom. The van der Waals surface area contributed by atoms with Crippen molar-refractivity contribution in [2.24, 2.45) is 0 Å². The predicted octanol–water partition coefficient (Wildman–Crippen LogP) is 4.62. The molecule has 0 saturated carbocycles. The maximum absolute atomic E-state index is 14.0. The molecule has 1 aromatic carbocycles. The first-order chi connectivity index (χ1) is 9.69. The van der Waals surface area contributed by atoms with Gasteiger partial charge in [-0.05, 0) is 45.2 Å².